The minimum atomic E-state index is 0. The summed E-state index contributed by atoms with van der Waals surface area (Å²) in [6.07, 6.45) is 0.0505. The second-order valence-electron chi connectivity index (χ2n) is 7.31. The van der Waals surface area contributed by atoms with Gasteiger partial charge in [-0.1, -0.05) is 23.4 Å². The normalized spacial score (nSPS) is 16.3. The van der Waals surface area contributed by atoms with E-state index in [1.54, 1.807) is 0 Å². The summed E-state index contributed by atoms with van der Waals surface area (Å²) in [5, 5.41) is 7.54. The van der Waals surface area contributed by atoms with E-state index in [1.165, 1.54) is 0 Å². The lowest BCUT2D eigenvalue weighted by Crippen LogP contribution is -2.53. The zero-order valence-corrected chi connectivity index (χ0v) is 20.1. The Bertz CT molecular complexity index is 787. The van der Waals surface area contributed by atoms with E-state index in [9.17, 15) is 0 Å². The molecule has 1 atom stereocenters. The Labute approximate surface area is 190 Å². The van der Waals surface area contributed by atoms with Crippen LogP contribution in [0.5, 0.6) is 5.75 Å². The molecule has 2 heterocycles. The van der Waals surface area contributed by atoms with Gasteiger partial charge in [0.05, 0.1) is 12.2 Å². The van der Waals surface area contributed by atoms with Crippen molar-refractivity contribution >= 4 is 29.9 Å². The van der Waals surface area contributed by atoms with Crippen LogP contribution in [0, 0.1) is 13.8 Å². The van der Waals surface area contributed by atoms with Crippen LogP contribution in [0.1, 0.15) is 23.9 Å². The molecule has 1 N–H and O–H groups in total. The Kier molecular flexibility index (Phi) is 9.22. The number of hydrogen-bond acceptors (Lipinski definition) is 5. The van der Waals surface area contributed by atoms with Crippen molar-refractivity contribution in [3.8, 4) is 5.75 Å². The maximum absolute atomic E-state index is 6.05. The van der Waals surface area contributed by atoms with Gasteiger partial charge in [-0.25, -0.2) is 0 Å². The molecule has 0 aliphatic carbocycles. The number of aryl methyl sites for hydroxylation is 2. The zero-order chi connectivity index (χ0) is 19.9. The van der Waals surface area contributed by atoms with Crippen molar-refractivity contribution in [2.45, 2.75) is 33.4 Å². The number of para-hydroxylation sites is 1. The predicted molar refractivity (Wildman–Crippen MR) is 126 cm³/mol. The molecular formula is C21H32IN5O2. The van der Waals surface area contributed by atoms with E-state index in [0.29, 0.717) is 6.54 Å². The van der Waals surface area contributed by atoms with Crippen molar-refractivity contribution in [1.29, 1.82) is 0 Å². The van der Waals surface area contributed by atoms with E-state index in [0.717, 1.165) is 61.5 Å². The Balaban J connectivity index is 0.00000300. The van der Waals surface area contributed by atoms with Gasteiger partial charge in [0.15, 0.2) is 5.96 Å². The molecule has 160 valence electrons. The lowest BCUT2D eigenvalue weighted by Gasteiger charge is -2.36. The van der Waals surface area contributed by atoms with Crippen LogP contribution in [-0.2, 0) is 6.54 Å². The van der Waals surface area contributed by atoms with Crippen molar-refractivity contribution in [2.75, 3.05) is 39.8 Å². The van der Waals surface area contributed by atoms with Crippen LogP contribution in [0.4, 0.5) is 0 Å². The van der Waals surface area contributed by atoms with Crippen molar-refractivity contribution in [2.24, 2.45) is 4.99 Å². The quantitative estimate of drug-likeness (QED) is 0.364. The van der Waals surface area contributed by atoms with Gasteiger partial charge in [0.25, 0.3) is 0 Å². The van der Waals surface area contributed by atoms with Crippen LogP contribution < -0.4 is 10.1 Å². The fourth-order valence-corrected chi connectivity index (χ4v) is 3.35. The Morgan fingerprint density at radius 1 is 1.24 bits per heavy atom. The van der Waals surface area contributed by atoms with Gasteiger partial charge in [0.1, 0.15) is 17.6 Å². The van der Waals surface area contributed by atoms with E-state index in [1.807, 2.05) is 38.2 Å². The Hall–Kier alpha value is -1.81. The number of nitrogens with zero attached hydrogens (tertiary/aromatic N) is 4. The van der Waals surface area contributed by atoms with Gasteiger partial charge in [-0.05, 0) is 32.4 Å². The van der Waals surface area contributed by atoms with Crippen LogP contribution in [0.15, 0.2) is 39.8 Å². The highest BCUT2D eigenvalue weighted by Crippen LogP contribution is 2.17. The van der Waals surface area contributed by atoms with Gasteiger partial charge in [-0.2, -0.15) is 0 Å². The minimum Gasteiger partial charge on any atom is -0.489 e. The van der Waals surface area contributed by atoms with Crippen LogP contribution >= 0.6 is 24.0 Å². The number of hydrogen-bond donors (Lipinski definition) is 1. The molecule has 2 aromatic rings. The molecule has 1 aromatic carbocycles. The zero-order valence-electron chi connectivity index (χ0n) is 17.7. The third-order valence-corrected chi connectivity index (χ3v) is 4.92. The second kappa shape index (κ2) is 11.4. The Morgan fingerprint density at radius 2 is 1.97 bits per heavy atom. The third kappa shape index (κ3) is 6.88. The van der Waals surface area contributed by atoms with E-state index >= 15 is 0 Å². The smallest absolute Gasteiger partial charge is 0.193 e. The fourth-order valence-electron chi connectivity index (χ4n) is 3.35. The molecule has 1 aromatic heterocycles. The molecule has 0 saturated carbocycles. The molecule has 1 saturated heterocycles. The molecule has 1 aliphatic heterocycles. The molecule has 1 fully saturated rings. The van der Waals surface area contributed by atoms with Gasteiger partial charge >= 0.3 is 0 Å². The Morgan fingerprint density at radius 3 is 2.59 bits per heavy atom. The van der Waals surface area contributed by atoms with Gasteiger partial charge in [0, 0.05) is 45.8 Å². The highest BCUT2D eigenvalue weighted by Gasteiger charge is 2.21. The first-order valence-electron chi connectivity index (χ1n) is 9.87. The topological polar surface area (TPSA) is 66.1 Å². The number of ether oxygens (including phenoxy) is 1. The molecule has 0 spiro atoms. The third-order valence-electron chi connectivity index (χ3n) is 4.92. The monoisotopic (exact) mass is 513 g/mol. The van der Waals surface area contributed by atoms with Crippen molar-refractivity contribution in [1.82, 2.24) is 20.3 Å². The van der Waals surface area contributed by atoms with Crippen molar-refractivity contribution in [3.63, 3.8) is 0 Å². The maximum Gasteiger partial charge on any atom is 0.193 e. The summed E-state index contributed by atoms with van der Waals surface area (Å²) >= 11 is 0. The van der Waals surface area contributed by atoms with Crippen molar-refractivity contribution in [3.05, 3.63) is 47.3 Å². The summed E-state index contributed by atoms with van der Waals surface area (Å²) in [5.41, 5.74) is 2.15. The molecule has 7 nitrogen and oxygen atoms in total. The summed E-state index contributed by atoms with van der Waals surface area (Å²) in [7, 11) is 1.83. The number of guanidine groups is 1. The van der Waals surface area contributed by atoms with Crippen LogP contribution in [-0.4, -0.2) is 66.8 Å². The van der Waals surface area contributed by atoms with E-state index in [-0.39, 0.29) is 30.1 Å². The summed E-state index contributed by atoms with van der Waals surface area (Å²) in [6.45, 7) is 11.4. The molecule has 1 aliphatic rings. The number of aromatic nitrogens is 1. The molecule has 29 heavy (non-hydrogen) atoms. The van der Waals surface area contributed by atoms with Crippen LogP contribution in [0.2, 0.25) is 0 Å². The minimum absolute atomic E-state index is 0. The fraction of sp³-hybridized carbons (Fsp3) is 0.524. The van der Waals surface area contributed by atoms with E-state index in [2.05, 4.69) is 45.2 Å². The summed E-state index contributed by atoms with van der Waals surface area (Å²) in [5.74, 6) is 2.72. The van der Waals surface area contributed by atoms with Gasteiger partial charge in [0.2, 0.25) is 0 Å². The molecule has 8 heteroatoms. The predicted octanol–water partition coefficient (Wildman–Crippen LogP) is 3.07. The number of piperazine rings is 1. The number of rotatable bonds is 6. The maximum atomic E-state index is 6.05. The number of nitrogens with one attached hydrogen (secondary N) is 1. The molecule has 0 radical (unpaired) electrons. The summed E-state index contributed by atoms with van der Waals surface area (Å²) in [4.78, 5) is 9.14. The van der Waals surface area contributed by atoms with Gasteiger partial charge in [-0.15, -0.1) is 24.0 Å². The first-order valence-corrected chi connectivity index (χ1v) is 9.87. The van der Waals surface area contributed by atoms with E-state index < -0.39 is 0 Å². The van der Waals surface area contributed by atoms with Crippen molar-refractivity contribution < 1.29 is 9.26 Å². The number of aliphatic imine (C=N–C) groups is 1. The number of benzene rings is 1. The lowest BCUT2D eigenvalue weighted by molar-refractivity contribution is 0.167. The SMILES string of the molecule is CN=C(NCC(C)Oc1ccccc1C)N1CCN(Cc2cc(C)on2)CC1.I. The van der Waals surface area contributed by atoms with Gasteiger partial charge < -0.3 is 19.5 Å². The van der Waals surface area contributed by atoms with Crippen LogP contribution in [0.25, 0.3) is 0 Å². The average molecular weight is 513 g/mol. The highest BCUT2D eigenvalue weighted by atomic mass is 127. The lowest BCUT2D eigenvalue weighted by atomic mass is 10.2. The molecular weight excluding hydrogens is 481 g/mol. The molecule has 1 unspecified atom stereocenters. The molecule has 3 rings (SSSR count). The van der Waals surface area contributed by atoms with E-state index in [4.69, 9.17) is 9.26 Å². The largest absolute Gasteiger partial charge is 0.489 e. The number of halogens is 1. The molecule has 0 amide bonds. The summed E-state index contributed by atoms with van der Waals surface area (Å²) < 4.78 is 11.2. The summed E-state index contributed by atoms with van der Waals surface area (Å²) in [6, 6.07) is 10.1. The first kappa shape index (κ1) is 23.5. The first-order chi connectivity index (χ1) is 13.5. The standard InChI is InChI=1S/C21H31N5O2.HI/c1-16-7-5-6-8-20(16)27-18(3)14-23-21(22-4)26-11-9-25(10-12-26)15-19-13-17(2)28-24-19;/h5-8,13,18H,9-12,14-15H2,1-4H3,(H,22,23);1H. The molecule has 0 bridgehead atoms. The van der Waals surface area contributed by atoms with Gasteiger partial charge in [-0.3, -0.25) is 9.89 Å². The highest BCUT2D eigenvalue weighted by molar-refractivity contribution is 14.0. The second-order valence-corrected chi connectivity index (χ2v) is 7.31. The average Bonchev–Trinajstić information content (AvgIpc) is 3.10. The van der Waals surface area contributed by atoms with Crippen LogP contribution in [0.3, 0.4) is 0 Å².